The number of halogens is 6. The third kappa shape index (κ3) is 8.97. The Bertz CT molecular complexity index is 1420. The summed E-state index contributed by atoms with van der Waals surface area (Å²) in [6, 6.07) is 1.42. The van der Waals surface area contributed by atoms with Gasteiger partial charge in [0, 0.05) is 38.0 Å². The lowest BCUT2D eigenvalue weighted by Crippen LogP contribution is -2.32. The van der Waals surface area contributed by atoms with Crippen molar-refractivity contribution in [3.63, 3.8) is 0 Å². The maximum atomic E-state index is 13.6. The van der Waals surface area contributed by atoms with Crippen molar-refractivity contribution in [2.45, 2.75) is 44.6 Å². The van der Waals surface area contributed by atoms with Crippen LogP contribution < -0.4 is 9.64 Å². The van der Waals surface area contributed by atoms with Crippen LogP contribution in [0, 0.1) is 0 Å². The summed E-state index contributed by atoms with van der Waals surface area (Å²) in [5.74, 6) is 0.340. The van der Waals surface area contributed by atoms with Crippen LogP contribution in [0.15, 0.2) is 47.0 Å². The number of aromatic nitrogens is 2. The summed E-state index contributed by atoms with van der Waals surface area (Å²) in [7, 11) is -1.81. The molecule has 0 spiro atoms. The fraction of sp³-hybridized carbons (Fsp3) is 0.519. The quantitative estimate of drug-likeness (QED) is 0.333. The minimum Gasteiger partial charge on any atom is -0.489 e. The third-order valence-electron chi connectivity index (χ3n) is 6.87. The number of sulfone groups is 1. The van der Waals surface area contributed by atoms with E-state index in [1.54, 1.807) is 0 Å². The van der Waals surface area contributed by atoms with Gasteiger partial charge in [0.15, 0.2) is 21.5 Å². The Morgan fingerprint density at radius 3 is 2.07 bits per heavy atom. The lowest BCUT2D eigenvalue weighted by Gasteiger charge is -2.30. The average Bonchev–Trinajstić information content (AvgIpc) is 3.46. The highest BCUT2D eigenvalue weighted by Gasteiger charge is 2.37. The Hall–Kier alpha value is -3.56. The highest BCUT2D eigenvalue weighted by atomic mass is 32.2. The van der Waals surface area contributed by atoms with Crippen LogP contribution >= 0.6 is 0 Å². The first kappa shape index (κ1) is 32.4. The van der Waals surface area contributed by atoms with Crippen LogP contribution in [-0.4, -0.2) is 74.5 Å². The molecule has 0 radical (unpaired) electrons. The van der Waals surface area contributed by atoms with Crippen LogP contribution in [0.4, 0.5) is 32.3 Å². The fourth-order valence-electron chi connectivity index (χ4n) is 4.81. The van der Waals surface area contributed by atoms with Gasteiger partial charge < -0.3 is 19.3 Å². The van der Waals surface area contributed by atoms with Crippen molar-refractivity contribution in [3.05, 3.63) is 58.7 Å². The molecule has 1 saturated heterocycles. The van der Waals surface area contributed by atoms with Crippen molar-refractivity contribution >= 4 is 21.7 Å². The molecule has 0 aliphatic carbocycles. The molecule has 1 fully saturated rings. The SMILES string of the molecule is COC1=NC(CN(Cc2cc(C(F)(F)F)cc(C(F)(F)F)c2)c2ncc(OCCS(C)(=O)=O)cn2)=C(N2CCCC2)CC1. The summed E-state index contributed by atoms with van der Waals surface area (Å²) in [6.45, 7) is 1.00. The standard InChI is InChI=1S/C27H31F6N5O4S/c1-41-24-6-5-23(37-7-3-4-8-37)22(36-24)17-38(25-34-14-21(15-35-25)42-9-10-43(2,39)40)16-18-11-19(26(28,29)30)13-20(12-18)27(31,32)33/h11-15H,3-10,16-17H2,1-2H3. The number of hydrogen-bond donors (Lipinski definition) is 0. The molecule has 43 heavy (non-hydrogen) atoms. The lowest BCUT2D eigenvalue weighted by atomic mass is 10.0. The Morgan fingerprint density at radius 1 is 0.930 bits per heavy atom. The van der Waals surface area contributed by atoms with E-state index in [2.05, 4.69) is 19.9 Å². The van der Waals surface area contributed by atoms with E-state index in [0.717, 1.165) is 37.9 Å². The van der Waals surface area contributed by atoms with Gasteiger partial charge in [0.05, 0.1) is 48.6 Å². The highest BCUT2D eigenvalue weighted by Crippen LogP contribution is 2.37. The Morgan fingerprint density at radius 2 is 1.53 bits per heavy atom. The summed E-state index contributed by atoms with van der Waals surface area (Å²) in [5.41, 5.74) is -1.65. The van der Waals surface area contributed by atoms with Crippen molar-refractivity contribution in [1.82, 2.24) is 14.9 Å². The van der Waals surface area contributed by atoms with Gasteiger partial charge in [0.2, 0.25) is 5.95 Å². The van der Waals surface area contributed by atoms with Gasteiger partial charge in [-0.25, -0.2) is 23.4 Å². The van der Waals surface area contributed by atoms with E-state index in [9.17, 15) is 34.8 Å². The summed E-state index contributed by atoms with van der Waals surface area (Å²) in [4.78, 5) is 16.7. The van der Waals surface area contributed by atoms with Gasteiger partial charge in [0.25, 0.3) is 0 Å². The zero-order valence-corrected chi connectivity index (χ0v) is 24.3. The molecule has 0 atom stereocenters. The minimum absolute atomic E-state index is 0.00514. The number of alkyl halides is 6. The van der Waals surface area contributed by atoms with E-state index in [4.69, 9.17) is 9.47 Å². The van der Waals surface area contributed by atoms with E-state index in [1.807, 2.05) is 0 Å². The summed E-state index contributed by atoms with van der Waals surface area (Å²) in [6.07, 6.45) is -3.33. The molecule has 2 aliphatic heterocycles. The van der Waals surface area contributed by atoms with E-state index >= 15 is 0 Å². The van der Waals surface area contributed by atoms with Crippen molar-refractivity contribution in [3.8, 4) is 5.75 Å². The molecule has 0 unspecified atom stereocenters. The number of anilines is 1. The van der Waals surface area contributed by atoms with E-state index < -0.39 is 39.9 Å². The fourth-order valence-corrected chi connectivity index (χ4v) is 5.20. The molecule has 236 valence electrons. The summed E-state index contributed by atoms with van der Waals surface area (Å²) in [5, 5.41) is 0. The van der Waals surface area contributed by atoms with Gasteiger partial charge in [-0.2, -0.15) is 26.3 Å². The molecule has 16 heteroatoms. The first-order chi connectivity index (χ1) is 20.1. The largest absolute Gasteiger partial charge is 0.489 e. The maximum Gasteiger partial charge on any atom is 0.416 e. The van der Waals surface area contributed by atoms with Crippen LogP contribution in [0.1, 0.15) is 42.4 Å². The monoisotopic (exact) mass is 635 g/mol. The maximum absolute atomic E-state index is 13.6. The van der Waals surface area contributed by atoms with E-state index in [1.165, 1.54) is 24.4 Å². The Labute approximate surface area is 245 Å². The van der Waals surface area contributed by atoms with Crippen molar-refractivity contribution in [2.75, 3.05) is 50.3 Å². The third-order valence-corrected chi connectivity index (χ3v) is 7.78. The van der Waals surface area contributed by atoms with Crippen LogP contribution in [0.25, 0.3) is 0 Å². The molecule has 1 aromatic carbocycles. The molecular formula is C27H31F6N5O4S. The van der Waals surface area contributed by atoms with Crippen LogP contribution in [0.5, 0.6) is 5.75 Å². The number of likely N-dealkylation sites (tertiary alicyclic amines) is 1. The molecular weight excluding hydrogens is 604 g/mol. The number of rotatable bonds is 10. The molecule has 4 rings (SSSR count). The summed E-state index contributed by atoms with van der Waals surface area (Å²) < 4.78 is 115. The highest BCUT2D eigenvalue weighted by molar-refractivity contribution is 7.90. The molecule has 2 aromatic rings. The van der Waals surface area contributed by atoms with Crippen LogP contribution in [0.2, 0.25) is 0 Å². The van der Waals surface area contributed by atoms with Gasteiger partial charge in [-0.05, 0) is 43.0 Å². The molecule has 0 saturated carbocycles. The minimum atomic E-state index is -5.01. The van der Waals surface area contributed by atoms with Crippen molar-refractivity contribution < 1.29 is 44.2 Å². The molecule has 9 nitrogen and oxygen atoms in total. The van der Waals surface area contributed by atoms with Gasteiger partial charge in [-0.15, -0.1) is 0 Å². The summed E-state index contributed by atoms with van der Waals surface area (Å²) >= 11 is 0. The topological polar surface area (TPSA) is 97.2 Å². The Balaban J connectivity index is 1.72. The Kier molecular flexibility index (Phi) is 9.76. The second-order valence-electron chi connectivity index (χ2n) is 10.3. The van der Waals surface area contributed by atoms with E-state index in [-0.39, 0.29) is 42.2 Å². The number of aliphatic imine (C=N–C) groups is 1. The molecule has 2 aliphatic rings. The van der Waals surface area contributed by atoms with Crippen LogP contribution in [0.3, 0.4) is 0 Å². The predicted octanol–water partition coefficient (Wildman–Crippen LogP) is 5.09. The molecule has 0 amide bonds. The molecule has 3 heterocycles. The molecule has 1 aromatic heterocycles. The number of benzene rings is 1. The number of hydrogen-bond acceptors (Lipinski definition) is 9. The van der Waals surface area contributed by atoms with Gasteiger partial charge >= 0.3 is 12.4 Å². The van der Waals surface area contributed by atoms with Gasteiger partial charge in [-0.3, -0.25) is 0 Å². The number of allylic oxidation sites excluding steroid dienone is 1. The second kappa shape index (κ2) is 13.0. The van der Waals surface area contributed by atoms with Crippen molar-refractivity contribution in [1.29, 1.82) is 0 Å². The van der Waals surface area contributed by atoms with Gasteiger partial charge in [0.1, 0.15) is 6.61 Å². The number of nitrogens with zero attached hydrogens (tertiary/aromatic N) is 5. The first-order valence-electron chi connectivity index (χ1n) is 13.4. The smallest absolute Gasteiger partial charge is 0.416 e. The lowest BCUT2D eigenvalue weighted by molar-refractivity contribution is -0.143. The molecule has 0 N–H and O–H groups in total. The number of methoxy groups -OCH3 is 1. The molecule has 0 bridgehead atoms. The zero-order valence-electron chi connectivity index (χ0n) is 23.5. The first-order valence-corrected chi connectivity index (χ1v) is 15.4. The van der Waals surface area contributed by atoms with E-state index in [0.29, 0.717) is 36.6 Å². The van der Waals surface area contributed by atoms with Gasteiger partial charge in [-0.1, -0.05) is 0 Å². The van der Waals surface area contributed by atoms with Crippen molar-refractivity contribution in [2.24, 2.45) is 4.99 Å². The predicted molar refractivity (Wildman–Crippen MR) is 146 cm³/mol. The average molecular weight is 636 g/mol. The van der Waals surface area contributed by atoms with Crippen LogP contribution in [-0.2, 0) is 33.5 Å². The zero-order chi connectivity index (χ0) is 31.4. The second-order valence-corrected chi connectivity index (χ2v) is 12.5. The normalized spacial score (nSPS) is 16.4. The number of ether oxygens (including phenoxy) is 2.